The molecular weight excluding hydrogens is 402 g/mol. The lowest BCUT2D eigenvalue weighted by Crippen LogP contribution is -2.32. The molecule has 4 aromatic carbocycles. The second-order valence-electron chi connectivity index (χ2n) is 10.8. The zero-order valence-electron chi connectivity index (χ0n) is 20.3. The van der Waals surface area contributed by atoms with Crippen LogP contribution in [0.1, 0.15) is 37.5 Å². The van der Waals surface area contributed by atoms with E-state index in [1.54, 1.807) is 0 Å². The molecule has 0 atom stereocenters. The molecule has 0 saturated carbocycles. The molecule has 2 heteroatoms. The summed E-state index contributed by atoms with van der Waals surface area (Å²) in [6, 6.07) is 19.8. The highest BCUT2D eigenvalue weighted by Crippen LogP contribution is 2.52. The summed E-state index contributed by atoms with van der Waals surface area (Å²) in [5.74, 6) is 2.00. The molecule has 5 aromatic rings. The average Bonchev–Trinajstić information content (AvgIpc) is 2.77. The van der Waals surface area contributed by atoms with Crippen molar-refractivity contribution >= 4 is 32.3 Å². The predicted octanol–water partition coefficient (Wildman–Crippen LogP) is 7.95. The van der Waals surface area contributed by atoms with Crippen LogP contribution in [0, 0.1) is 19.3 Å². The molecule has 0 bridgehead atoms. The number of hydrogen-bond donors (Lipinski definition) is 0. The average molecular weight is 433 g/mol. The SMILES string of the molecule is Cc1c2c(c(CC(C)(C)C)c3ccccc13)Oc1cc3cccc(C)c3c3cc[n+](C)c-2c13. The van der Waals surface area contributed by atoms with Crippen molar-refractivity contribution in [1.29, 1.82) is 0 Å². The molecule has 164 valence electrons. The van der Waals surface area contributed by atoms with Crippen molar-refractivity contribution in [2.75, 3.05) is 0 Å². The van der Waals surface area contributed by atoms with E-state index in [1.165, 1.54) is 60.3 Å². The fourth-order valence-electron chi connectivity index (χ4n) is 5.74. The van der Waals surface area contributed by atoms with Crippen molar-refractivity contribution in [3.63, 3.8) is 0 Å². The van der Waals surface area contributed by atoms with Crippen molar-refractivity contribution in [2.24, 2.45) is 12.5 Å². The Morgan fingerprint density at radius 3 is 2.36 bits per heavy atom. The fraction of sp³-hybridized carbons (Fsp3) is 0.258. The van der Waals surface area contributed by atoms with Crippen LogP contribution in [0.4, 0.5) is 0 Å². The van der Waals surface area contributed by atoms with E-state index in [2.05, 4.69) is 107 Å². The van der Waals surface area contributed by atoms with E-state index in [4.69, 9.17) is 4.74 Å². The Kier molecular flexibility index (Phi) is 4.17. The van der Waals surface area contributed by atoms with Gasteiger partial charge < -0.3 is 4.74 Å². The molecule has 33 heavy (non-hydrogen) atoms. The standard InChI is InChI=1S/C31H30NO/c1-18-10-9-11-20-16-25-28-23(26(18)20)14-15-32(6)29(28)27-19(2)21-12-7-8-13-22(21)24(30(27)33-25)17-31(3,4)5/h7-16H,17H2,1-6H3/q+1. The molecule has 2 nitrogen and oxygen atoms in total. The number of rotatable bonds is 1. The minimum absolute atomic E-state index is 0.143. The number of hydrogen-bond acceptors (Lipinski definition) is 1. The van der Waals surface area contributed by atoms with Crippen molar-refractivity contribution < 1.29 is 9.30 Å². The summed E-state index contributed by atoms with van der Waals surface area (Å²) in [7, 11) is 2.16. The maximum absolute atomic E-state index is 6.91. The molecule has 0 N–H and O–H groups in total. The number of aryl methyl sites for hydroxylation is 3. The lowest BCUT2D eigenvalue weighted by Gasteiger charge is -2.28. The van der Waals surface area contributed by atoms with Gasteiger partial charge >= 0.3 is 0 Å². The molecule has 6 rings (SSSR count). The van der Waals surface area contributed by atoms with Gasteiger partial charge in [0.15, 0.2) is 6.20 Å². The van der Waals surface area contributed by atoms with Gasteiger partial charge in [0.25, 0.3) is 0 Å². The predicted molar refractivity (Wildman–Crippen MR) is 138 cm³/mol. The van der Waals surface area contributed by atoms with E-state index in [-0.39, 0.29) is 5.41 Å². The number of nitrogens with zero attached hydrogens (tertiary/aromatic N) is 1. The van der Waals surface area contributed by atoms with Crippen LogP contribution in [0.15, 0.2) is 60.8 Å². The van der Waals surface area contributed by atoms with E-state index in [9.17, 15) is 0 Å². The largest absolute Gasteiger partial charge is 0.455 e. The van der Waals surface area contributed by atoms with Gasteiger partial charge in [-0.15, -0.1) is 0 Å². The molecule has 1 aliphatic heterocycles. The molecule has 0 radical (unpaired) electrons. The summed E-state index contributed by atoms with van der Waals surface area (Å²) >= 11 is 0. The molecule has 0 saturated heterocycles. The van der Waals surface area contributed by atoms with Gasteiger partial charge in [-0.3, -0.25) is 0 Å². The third kappa shape index (κ3) is 2.90. The van der Waals surface area contributed by atoms with Gasteiger partial charge in [-0.2, -0.15) is 0 Å². The first-order valence-electron chi connectivity index (χ1n) is 11.8. The molecule has 1 aliphatic rings. The molecule has 0 aliphatic carbocycles. The quantitative estimate of drug-likeness (QED) is 0.190. The molecular formula is C31H30NO+. The lowest BCUT2D eigenvalue weighted by molar-refractivity contribution is -0.659. The number of benzene rings is 4. The van der Waals surface area contributed by atoms with Crippen LogP contribution in [0.2, 0.25) is 0 Å². The van der Waals surface area contributed by atoms with E-state index >= 15 is 0 Å². The lowest BCUT2D eigenvalue weighted by atomic mass is 9.81. The van der Waals surface area contributed by atoms with E-state index in [0.717, 1.165) is 17.9 Å². The van der Waals surface area contributed by atoms with Crippen molar-refractivity contribution in [3.8, 4) is 22.8 Å². The van der Waals surface area contributed by atoms with Crippen LogP contribution in [-0.4, -0.2) is 0 Å². The van der Waals surface area contributed by atoms with Gasteiger partial charge in [-0.25, -0.2) is 4.57 Å². The minimum Gasteiger partial charge on any atom is -0.455 e. The second-order valence-corrected chi connectivity index (χ2v) is 10.8. The van der Waals surface area contributed by atoms with Crippen LogP contribution in [-0.2, 0) is 13.5 Å². The molecule has 0 fully saturated rings. The molecule has 2 heterocycles. The fourth-order valence-corrected chi connectivity index (χ4v) is 5.74. The van der Waals surface area contributed by atoms with Crippen LogP contribution in [0.25, 0.3) is 43.6 Å². The molecule has 1 aromatic heterocycles. The summed E-state index contributed by atoms with van der Waals surface area (Å²) in [6.45, 7) is 11.4. The Labute approximate surface area is 195 Å². The van der Waals surface area contributed by atoms with E-state index in [0.29, 0.717) is 0 Å². The van der Waals surface area contributed by atoms with Crippen LogP contribution in [0.5, 0.6) is 11.5 Å². The highest BCUT2D eigenvalue weighted by molar-refractivity contribution is 6.17. The number of fused-ring (bicyclic) bond motifs is 5. The second kappa shape index (κ2) is 6.81. The van der Waals surface area contributed by atoms with E-state index in [1.807, 2.05) is 0 Å². The molecule has 0 unspecified atom stereocenters. The summed E-state index contributed by atoms with van der Waals surface area (Å²) in [5, 5.41) is 7.66. The van der Waals surface area contributed by atoms with Gasteiger partial charge in [-0.1, -0.05) is 63.2 Å². The Bertz CT molecular complexity index is 1620. The Morgan fingerprint density at radius 2 is 1.61 bits per heavy atom. The number of pyridine rings is 1. The highest BCUT2D eigenvalue weighted by atomic mass is 16.5. The number of ether oxygens (including phenoxy) is 1. The molecule has 0 amide bonds. The third-order valence-corrected chi connectivity index (χ3v) is 7.12. The maximum Gasteiger partial charge on any atom is 0.228 e. The monoisotopic (exact) mass is 432 g/mol. The summed E-state index contributed by atoms with van der Waals surface area (Å²) < 4.78 is 9.18. The maximum atomic E-state index is 6.91. The Balaban J connectivity index is 1.83. The topological polar surface area (TPSA) is 13.1 Å². The first-order chi connectivity index (χ1) is 15.7. The van der Waals surface area contributed by atoms with Crippen molar-refractivity contribution in [1.82, 2.24) is 0 Å². The molecule has 0 spiro atoms. The van der Waals surface area contributed by atoms with E-state index < -0.39 is 0 Å². The van der Waals surface area contributed by atoms with Crippen molar-refractivity contribution in [3.05, 3.63) is 77.5 Å². The minimum atomic E-state index is 0.143. The van der Waals surface area contributed by atoms with Crippen LogP contribution >= 0.6 is 0 Å². The Hall–Kier alpha value is -3.39. The Morgan fingerprint density at radius 1 is 0.848 bits per heavy atom. The number of aromatic nitrogens is 1. The highest BCUT2D eigenvalue weighted by Gasteiger charge is 2.34. The zero-order valence-corrected chi connectivity index (χ0v) is 20.3. The van der Waals surface area contributed by atoms with Gasteiger partial charge in [0.2, 0.25) is 5.69 Å². The summed E-state index contributed by atoms with van der Waals surface area (Å²) in [6.07, 6.45) is 3.17. The normalized spacial score (nSPS) is 12.9. The smallest absolute Gasteiger partial charge is 0.228 e. The zero-order chi connectivity index (χ0) is 23.1. The summed E-state index contributed by atoms with van der Waals surface area (Å²) in [4.78, 5) is 0. The first kappa shape index (κ1) is 20.2. The third-order valence-electron chi connectivity index (χ3n) is 7.12. The van der Waals surface area contributed by atoms with Crippen LogP contribution < -0.4 is 9.30 Å². The van der Waals surface area contributed by atoms with Gasteiger partial charge in [0.1, 0.15) is 18.5 Å². The summed E-state index contributed by atoms with van der Waals surface area (Å²) in [5.41, 5.74) is 6.54. The first-order valence-corrected chi connectivity index (χ1v) is 11.8. The van der Waals surface area contributed by atoms with Gasteiger partial charge in [0.05, 0.1) is 10.9 Å². The van der Waals surface area contributed by atoms with Gasteiger partial charge in [0, 0.05) is 17.0 Å². The van der Waals surface area contributed by atoms with Crippen LogP contribution in [0.3, 0.4) is 0 Å². The van der Waals surface area contributed by atoms with Crippen molar-refractivity contribution in [2.45, 2.75) is 41.0 Å². The van der Waals surface area contributed by atoms with Gasteiger partial charge in [-0.05, 0) is 64.4 Å².